The molecule has 0 spiro atoms. The molecule has 0 radical (unpaired) electrons. The Balaban J connectivity index is 2.35. The SMILES string of the molecule is CS(=O)(=O)c1ccc(F)c(S(=O)(=O)NCc2cc[nH]c2)c1. The van der Waals surface area contributed by atoms with E-state index >= 15 is 0 Å². The van der Waals surface area contributed by atoms with Crippen molar-refractivity contribution in [2.24, 2.45) is 0 Å². The van der Waals surface area contributed by atoms with Gasteiger partial charge < -0.3 is 4.98 Å². The lowest BCUT2D eigenvalue weighted by atomic mass is 10.3. The smallest absolute Gasteiger partial charge is 0.243 e. The summed E-state index contributed by atoms with van der Waals surface area (Å²) in [5.74, 6) is -1.01. The van der Waals surface area contributed by atoms with Crippen molar-refractivity contribution in [1.82, 2.24) is 9.71 Å². The Morgan fingerprint density at radius 1 is 1.19 bits per heavy atom. The second-order valence-electron chi connectivity index (χ2n) is 4.41. The third-order valence-corrected chi connectivity index (χ3v) is 5.28. The number of sulfonamides is 1. The average Bonchev–Trinajstić information content (AvgIpc) is 2.88. The summed E-state index contributed by atoms with van der Waals surface area (Å²) in [6.07, 6.45) is 4.13. The van der Waals surface area contributed by atoms with Gasteiger partial charge in [-0.1, -0.05) is 0 Å². The highest BCUT2D eigenvalue weighted by atomic mass is 32.2. The van der Waals surface area contributed by atoms with Crippen LogP contribution in [0.15, 0.2) is 46.5 Å². The summed E-state index contributed by atoms with van der Waals surface area (Å²) in [5, 5.41) is 0. The van der Waals surface area contributed by atoms with Crippen LogP contribution in [-0.4, -0.2) is 28.1 Å². The van der Waals surface area contributed by atoms with Crippen LogP contribution in [0.5, 0.6) is 0 Å². The monoisotopic (exact) mass is 332 g/mol. The van der Waals surface area contributed by atoms with Crippen molar-refractivity contribution in [1.29, 1.82) is 0 Å². The van der Waals surface area contributed by atoms with Gasteiger partial charge >= 0.3 is 0 Å². The van der Waals surface area contributed by atoms with E-state index in [1.165, 1.54) is 0 Å². The standard InChI is InChI=1S/C12H13FN2O4S2/c1-20(16,17)10-2-3-11(13)12(6-10)21(18,19)15-8-9-4-5-14-7-9/h2-7,14-15H,8H2,1H3. The van der Waals surface area contributed by atoms with E-state index in [9.17, 15) is 21.2 Å². The number of nitrogens with one attached hydrogen (secondary N) is 2. The zero-order chi connectivity index (χ0) is 15.7. The van der Waals surface area contributed by atoms with E-state index in [0.717, 1.165) is 24.5 Å². The molecule has 2 rings (SSSR count). The van der Waals surface area contributed by atoms with Crippen molar-refractivity contribution in [3.63, 3.8) is 0 Å². The van der Waals surface area contributed by atoms with Crippen molar-refractivity contribution >= 4 is 19.9 Å². The molecule has 114 valence electrons. The van der Waals surface area contributed by atoms with Crippen LogP contribution >= 0.6 is 0 Å². The van der Waals surface area contributed by atoms with Crippen molar-refractivity contribution in [3.05, 3.63) is 48.0 Å². The van der Waals surface area contributed by atoms with Gasteiger partial charge in [0.05, 0.1) is 4.90 Å². The third kappa shape index (κ3) is 3.69. The molecule has 2 aromatic rings. The molecule has 0 atom stereocenters. The van der Waals surface area contributed by atoms with Gasteiger partial charge in [0.25, 0.3) is 0 Å². The van der Waals surface area contributed by atoms with Gasteiger partial charge in [-0.3, -0.25) is 0 Å². The summed E-state index contributed by atoms with van der Waals surface area (Å²) in [7, 11) is -7.78. The fraction of sp³-hybridized carbons (Fsp3) is 0.167. The number of sulfone groups is 1. The number of H-pyrrole nitrogens is 1. The highest BCUT2D eigenvalue weighted by Crippen LogP contribution is 2.19. The van der Waals surface area contributed by atoms with E-state index in [4.69, 9.17) is 0 Å². The fourth-order valence-electron chi connectivity index (χ4n) is 1.64. The Morgan fingerprint density at radius 3 is 2.48 bits per heavy atom. The molecule has 0 amide bonds. The number of hydrogen-bond acceptors (Lipinski definition) is 4. The van der Waals surface area contributed by atoms with E-state index in [2.05, 4.69) is 9.71 Å². The molecule has 1 heterocycles. The molecule has 2 N–H and O–H groups in total. The lowest BCUT2D eigenvalue weighted by Gasteiger charge is -2.08. The molecule has 0 aliphatic carbocycles. The van der Waals surface area contributed by atoms with Gasteiger partial charge in [0.1, 0.15) is 10.7 Å². The number of benzene rings is 1. The zero-order valence-electron chi connectivity index (χ0n) is 11.0. The first-order chi connectivity index (χ1) is 9.70. The van der Waals surface area contributed by atoms with Crippen LogP contribution in [0.25, 0.3) is 0 Å². The van der Waals surface area contributed by atoms with Gasteiger partial charge in [-0.05, 0) is 29.8 Å². The van der Waals surface area contributed by atoms with Crippen molar-refractivity contribution in [2.45, 2.75) is 16.3 Å². The van der Waals surface area contributed by atoms with Gasteiger partial charge in [0.15, 0.2) is 9.84 Å². The van der Waals surface area contributed by atoms with E-state index < -0.39 is 30.6 Å². The highest BCUT2D eigenvalue weighted by molar-refractivity contribution is 7.91. The molecule has 1 aromatic carbocycles. The fourth-order valence-corrected chi connectivity index (χ4v) is 3.49. The maximum atomic E-state index is 13.7. The van der Waals surface area contributed by atoms with Crippen LogP contribution in [0, 0.1) is 5.82 Å². The molecule has 1 aromatic heterocycles. The van der Waals surface area contributed by atoms with Crippen LogP contribution < -0.4 is 4.72 Å². The number of aromatic amines is 1. The quantitative estimate of drug-likeness (QED) is 0.800. The Labute approximate surface area is 122 Å². The van der Waals surface area contributed by atoms with Crippen LogP contribution in [-0.2, 0) is 26.4 Å². The van der Waals surface area contributed by atoms with E-state index in [0.29, 0.717) is 5.56 Å². The molecule has 0 bridgehead atoms. The first-order valence-electron chi connectivity index (χ1n) is 5.81. The number of hydrogen-bond donors (Lipinski definition) is 2. The maximum Gasteiger partial charge on any atom is 0.243 e. The van der Waals surface area contributed by atoms with Crippen molar-refractivity contribution in [3.8, 4) is 0 Å². The van der Waals surface area contributed by atoms with E-state index in [-0.39, 0.29) is 11.4 Å². The van der Waals surface area contributed by atoms with E-state index in [1.54, 1.807) is 18.5 Å². The van der Waals surface area contributed by atoms with Crippen molar-refractivity contribution in [2.75, 3.05) is 6.26 Å². The van der Waals surface area contributed by atoms with E-state index in [1.807, 2.05) is 0 Å². The Hall–Kier alpha value is -1.71. The number of halogens is 1. The molecular formula is C12H13FN2O4S2. The lowest BCUT2D eigenvalue weighted by Crippen LogP contribution is -2.24. The topological polar surface area (TPSA) is 96.1 Å². The van der Waals surface area contributed by atoms with Crippen LogP contribution in [0.4, 0.5) is 4.39 Å². The van der Waals surface area contributed by atoms with Gasteiger partial charge in [-0.25, -0.2) is 25.9 Å². The predicted octanol–water partition coefficient (Wildman–Crippen LogP) is 1.04. The second kappa shape index (κ2) is 5.58. The molecule has 0 saturated heterocycles. The summed E-state index contributed by atoms with van der Waals surface area (Å²) in [6, 6.07) is 4.31. The molecule has 6 nitrogen and oxygen atoms in total. The normalized spacial score (nSPS) is 12.5. The minimum absolute atomic E-state index is 0.0334. The van der Waals surface area contributed by atoms with Crippen LogP contribution in [0.1, 0.15) is 5.56 Å². The molecule has 0 unspecified atom stereocenters. The first-order valence-corrected chi connectivity index (χ1v) is 9.18. The summed E-state index contributed by atoms with van der Waals surface area (Å²) >= 11 is 0. The molecule has 0 aliphatic heterocycles. The minimum atomic E-state index is -4.15. The van der Waals surface area contributed by atoms with Crippen LogP contribution in [0.2, 0.25) is 0 Å². The molecule has 9 heteroatoms. The number of rotatable bonds is 5. The minimum Gasteiger partial charge on any atom is -0.367 e. The summed E-state index contributed by atoms with van der Waals surface area (Å²) in [4.78, 5) is 1.81. The molecular weight excluding hydrogens is 319 g/mol. The van der Waals surface area contributed by atoms with Gasteiger partial charge in [0, 0.05) is 25.2 Å². The summed E-state index contributed by atoms with van der Waals surface area (Å²) < 4.78 is 62.9. The largest absolute Gasteiger partial charge is 0.367 e. The Morgan fingerprint density at radius 2 is 1.90 bits per heavy atom. The molecule has 0 fully saturated rings. The van der Waals surface area contributed by atoms with Gasteiger partial charge in [-0.15, -0.1) is 0 Å². The molecule has 0 aliphatic rings. The van der Waals surface area contributed by atoms with Gasteiger partial charge in [-0.2, -0.15) is 0 Å². The molecule has 21 heavy (non-hydrogen) atoms. The van der Waals surface area contributed by atoms with Gasteiger partial charge in [0.2, 0.25) is 10.0 Å². The Bertz CT molecular complexity index is 843. The van der Waals surface area contributed by atoms with Crippen molar-refractivity contribution < 1.29 is 21.2 Å². The zero-order valence-corrected chi connectivity index (χ0v) is 12.6. The highest BCUT2D eigenvalue weighted by Gasteiger charge is 2.21. The lowest BCUT2D eigenvalue weighted by molar-refractivity contribution is 0.555. The third-order valence-electron chi connectivity index (χ3n) is 2.75. The molecule has 0 saturated carbocycles. The maximum absolute atomic E-state index is 13.7. The average molecular weight is 332 g/mol. The Kier molecular flexibility index (Phi) is 4.17. The number of aromatic nitrogens is 1. The predicted molar refractivity (Wildman–Crippen MR) is 74.3 cm³/mol. The first kappa shape index (κ1) is 15.7. The van der Waals surface area contributed by atoms with Crippen LogP contribution in [0.3, 0.4) is 0 Å². The summed E-state index contributed by atoms with van der Waals surface area (Å²) in [5.41, 5.74) is 0.665. The second-order valence-corrected chi connectivity index (χ2v) is 8.16. The summed E-state index contributed by atoms with van der Waals surface area (Å²) in [6.45, 7) is -0.0334.